The standard InChI is InChI=1S/C15H17ClN2S/c1-17-12-7-4-8-13-15(12)18-14(19-13)9-10-5-2-3-6-11(10)16/h2-3,5-6,12,17H,4,7-9H2,1H3. The normalized spacial score (nSPS) is 18.3. The molecule has 1 N–H and O–H groups in total. The molecule has 1 unspecified atom stereocenters. The lowest BCUT2D eigenvalue weighted by Crippen LogP contribution is -2.21. The van der Waals surface area contributed by atoms with E-state index in [0.717, 1.165) is 17.0 Å². The van der Waals surface area contributed by atoms with Crippen LogP contribution in [0.2, 0.25) is 5.02 Å². The van der Waals surface area contributed by atoms with Gasteiger partial charge in [0.1, 0.15) is 0 Å². The van der Waals surface area contributed by atoms with Crippen molar-refractivity contribution < 1.29 is 0 Å². The predicted molar refractivity (Wildman–Crippen MR) is 81.1 cm³/mol. The molecule has 0 fully saturated rings. The Kier molecular flexibility index (Phi) is 3.87. The first-order chi connectivity index (χ1) is 9.28. The van der Waals surface area contributed by atoms with Crippen LogP contribution in [0.1, 0.15) is 40.0 Å². The van der Waals surface area contributed by atoms with Crippen LogP contribution < -0.4 is 5.32 Å². The van der Waals surface area contributed by atoms with Crippen LogP contribution in [0.15, 0.2) is 24.3 Å². The van der Waals surface area contributed by atoms with Crippen LogP contribution in [0, 0.1) is 0 Å². The molecule has 0 amide bonds. The summed E-state index contributed by atoms with van der Waals surface area (Å²) in [6.45, 7) is 0. The zero-order valence-corrected chi connectivity index (χ0v) is 12.5. The molecule has 1 aliphatic carbocycles. The van der Waals surface area contributed by atoms with E-state index in [0.29, 0.717) is 6.04 Å². The fourth-order valence-corrected chi connectivity index (χ4v) is 4.03. The average molecular weight is 293 g/mol. The fraction of sp³-hybridized carbons (Fsp3) is 0.400. The molecule has 1 aromatic heterocycles. The van der Waals surface area contributed by atoms with Gasteiger partial charge in [0, 0.05) is 16.3 Å². The van der Waals surface area contributed by atoms with Crippen molar-refractivity contribution in [1.82, 2.24) is 10.3 Å². The third-order valence-electron chi connectivity index (χ3n) is 3.65. The number of halogens is 1. The predicted octanol–water partition coefficient (Wildman–Crippen LogP) is 3.98. The quantitative estimate of drug-likeness (QED) is 0.925. The van der Waals surface area contributed by atoms with Gasteiger partial charge < -0.3 is 5.32 Å². The molecule has 1 aliphatic rings. The lowest BCUT2D eigenvalue weighted by atomic mass is 9.98. The van der Waals surface area contributed by atoms with Crippen molar-refractivity contribution in [3.8, 4) is 0 Å². The molecule has 2 nitrogen and oxygen atoms in total. The van der Waals surface area contributed by atoms with Crippen molar-refractivity contribution in [2.24, 2.45) is 0 Å². The molecule has 4 heteroatoms. The molecule has 0 spiro atoms. The molecule has 0 radical (unpaired) electrons. The number of rotatable bonds is 3. The Bertz CT molecular complexity index is 579. The number of hydrogen-bond donors (Lipinski definition) is 1. The van der Waals surface area contributed by atoms with E-state index in [1.807, 2.05) is 36.6 Å². The number of fused-ring (bicyclic) bond motifs is 1. The summed E-state index contributed by atoms with van der Waals surface area (Å²) in [5, 5.41) is 5.38. The lowest BCUT2D eigenvalue weighted by molar-refractivity contribution is 0.489. The first-order valence-corrected chi connectivity index (χ1v) is 7.86. The maximum atomic E-state index is 6.22. The van der Waals surface area contributed by atoms with Crippen molar-refractivity contribution in [1.29, 1.82) is 0 Å². The topological polar surface area (TPSA) is 24.9 Å². The van der Waals surface area contributed by atoms with Gasteiger partial charge in [0.2, 0.25) is 0 Å². The molecule has 1 heterocycles. The minimum atomic E-state index is 0.431. The zero-order valence-electron chi connectivity index (χ0n) is 10.9. The second-order valence-corrected chi connectivity index (χ2v) is 6.49. The minimum Gasteiger partial charge on any atom is -0.312 e. The van der Waals surface area contributed by atoms with Crippen molar-refractivity contribution in [3.63, 3.8) is 0 Å². The summed E-state index contributed by atoms with van der Waals surface area (Å²) < 4.78 is 0. The van der Waals surface area contributed by atoms with Gasteiger partial charge in [-0.3, -0.25) is 0 Å². The molecule has 0 saturated carbocycles. The van der Waals surface area contributed by atoms with Gasteiger partial charge in [0.25, 0.3) is 0 Å². The number of aromatic nitrogens is 1. The van der Waals surface area contributed by atoms with Gasteiger partial charge in [0.05, 0.1) is 16.7 Å². The highest BCUT2D eigenvalue weighted by Crippen LogP contribution is 2.34. The van der Waals surface area contributed by atoms with Gasteiger partial charge in [0.15, 0.2) is 0 Å². The fourth-order valence-electron chi connectivity index (χ4n) is 2.63. The summed E-state index contributed by atoms with van der Waals surface area (Å²) in [5.74, 6) is 0. The smallest absolute Gasteiger partial charge is 0.0976 e. The van der Waals surface area contributed by atoms with E-state index in [9.17, 15) is 0 Å². The summed E-state index contributed by atoms with van der Waals surface area (Å²) in [5.41, 5.74) is 2.43. The summed E-state index contributed by atoms with van der Waals surface area (Å²) in [7, 11) is 2.02. The molecule has 3 rings (SSSR count). The van der Waals surface area contributed by atoms with Gasteiger partial charge in [-0.15, -0.1) is 11.3 Å². The zero-order chi connectivity index (χ0) is 13.2. The highest BCUT2D eigenvalue weighted by atomic mass is 35.5. The summed E-state index contributed by atoms with van der Waals surface area (Å²) in [6.07, 6.45) is 4.46. The lowest BCUT2D eigenvalue weighted by Gasteiger charge is -2.19. The van der Waals surface area contributed by atoms with Crippen molar-refractivity contribution in [3.05, 3.63) is 50.4 Å². The van der Waals surface area contributed by atoms with Crippen LogP contribution in [0.25, 0.3) is 0 Å². The third kappa shape index (κ3) is 2.69. The number of hydrogen-bond acceptors (Lipinski definition) is 3. The Morgan fingerprint density at radius 1 is 1.42 bits per heavy atom. The van der Waals surface area contributed by atoms with Gasteiger partial charge >= 0.3 is 0 Å². The minimum absolute atomic E-state index is 0.431. The SMILES string of the molecule is CNC1CCCc2sc(Cc3ccccc3Cl)nc21. The molecule has 0 saturated heterocycles. The Balaban J connectivity index is 1.87. The average Bonchev–Trinajstić information content (AvgIpc) is 2.83. The highest BCUT2D eigenvalue weighted by Gasteiger charge is 2.23. The highest BCUT2D eigenvalue weighted by molar-refractivity contribution is 7.11. The molecule has 19 heavy (non-hydrogen) atoms. The summed E-state index contributed by atoms with van der Waals surface area (Å²) in [6, 6.07) is 8.46. The van der Waals surface area contributed by atoms with Crippen molar-refractivity contribution in [2.75, 3.05) is 7.05 Å². The molecular weight excluding hydrogens is 276 g/mol. The molecule has 1 atom stereocenters. The van der Waals surface area contributed by atoms with E-state index in [4.69, 9.17) is 16.6 Å². The van der Waals surface area contributed by atoms with E-state index in [2.05, 4.69) is 11.4 Å². The van der Waals surface area contributed by atoms with Crippen LogP contribution in [0.4, 0.5) is 0 Å². The van der Waals surface area contributed by atoms with E-state index >= 15 is 0 Å². The van der Waals surface area contributed by atoms with Crippen LogP contribution in [-0.4, -0.2) is 12.0 Å². The van der Waals surface area contributed by atoms with E-state index in [-0.39, 0.29) is 0 Å². The largest absolute Gasteiger partial charge is 0.312 e. The van der Waals surface area contributed by atoms with Crippen LogP contribution in [0.3, 0.4) is 0 Å². The summed E-state index contributed by atoms with van der Waals surface area (Å²) in [4.78, 5) is 6.29. The Morgan fingerprint density at radius 2 is 2.26 bits per heavy atom. The summed E-state index contributed by atoms with van der Waals surface area (Å²) >= 11 is 8.07. The second-order valence-electron chi connectivity index (χ2n) is 4.92. The molecule has 1 aromatic carbocycles. The first-order valence-electron chi connectivity index (χ1n) is 6.67. The molecule has 100 valence electrons. The van der Waals surface area contributed by atoms with E-state index in [1.54, 1.807) is 0 Å². The molecular formula is C15H17ClN2S. The Labute approximate surface area is 122 Å². The first kappa shape index (κ1) is 13.1. The van der Waals surface area contributed by atoms with Gasteiger partial charge in [-0.25, -0.2) is 4.98 Å². The number of nitrogens with one attached hydrogen (secondary N) is 1. The van der Waals surface area contributed by atoms with Gasteiger partial charge in [-0.1, -0.05) is 29.8 Å². The number of benzene rings is 1. The maximum Gasteiger partial charge on any atom is 0.0976 e. The molecule has 0 bridgehead atoms. The number of thiazole rings is 1. The number of aryl methyl sites for hydroxylation is 1. The van der Waals surface area contributed by atoms with Gasteiger partial charge in [-0.2, -0.15) is 0 Å². The monoisotopic (exact) mass is 292 g/mol. The van der Waals surface area contributed by atoms with Crippen LogP contribution in [0.5, 0.6) is 0 Å². The second kappa shape index (κ2) is 5.61. The van der Waals surface area contributed by atoms with Crippen LogP contribution in [-0.2, 0) is 12.8 Å². The van der Waals surface area contributed by atoms with E-state index < -0.39 is 0 Å². The molecule has 0 aliphatic heterocycles. The van der Waals surface area contributed by atoms with Crippen molar-refractivity contribution >= 4 is 22.9 Å². The van der Waals surface area contributed by atoms with E-state index in [1.165, 1.54) is 34.8 Å². The van der Waals surface area contributed by atoms with Crippen LogP contribution >= 0.6 is 22.9 Å². The Hall–Kier alpha value is -0.900. The maximum absolute atomic E-state index is 6.22. The Morgan fingerprint density at radius 3 is 3.05 bits per heavy atom. The molecule has 2 aromatic rings. The third-order valence-corrected chi connectivity index (χ3v) is 5.15. The van der Waals surface area contributed by atoms with Crippen molar-refractivity contribution in [2.45, 2.75) is 31.7 Å². The van der Waals surface area contributed by atoms with Gasteiger partial charge in [-0.05, 0) is 37.9 Å². The number of nitrogens with zero attached hydrogens (tertiary/aromatic N) is 1.